The molecule has 0 heterocycles. The molecule has 1 amide bonds. The summed E-state index contributed by atoms with van der Waals surface area (Å²) in [5, 5.41) is 10.8. The lowest BCUT2D eigenvalue weighted by Gasteiger charge is -2.20. The molecule has 0 aromatic heterocycles. The van der Waals surface area contributed by atoms with E-state index in [4.69, 9.17) is 9.47 Å². The summed E-state index contributed by atoms with van der Waals surface area (Å²) in [7, 11) is 1.33. The van der Waals surface area contributed by atoms with Gasteiger partial charge in [-0.2, -0.15) is 0 Å². The highest BCUT2D eigenvalue weighted by molar-refractivity contribution is 5.94. The highest BCUT2D eigenvalue weighted by atomic mass is 16.6. The van der Waals surface area contributed by atoms with E-state index < -0.39 is 17.5 Å². The number of methoxy groups -OCH3 is 1. The molecule has 0 aliphatic rings. The van der Waals surface area contributed by atoms with Gasteiger partial charge in [0.2, 0.25) is 0 Å². The zero-order chi connectivity index (χ0) is 18.3. The van der Waals surface area contributed by atoms with E-state index in [1.807, 2.05) is 0 Å². The van der Waals surface area contributed by atoms with Crippen molar-refractivity contribution < 1.29 is 24.0 Å². The Bertz CT molecular complexity index is 656. The molecule has 130 valence electrons. The van der Waals surface area contributed by atoms with Crippen LogP contribution >= 0.6 is 0 Å². The summed E-state index contributed by atoms with van der Waals surface area (Å²) in [6.07, 6.45) is 0. The third kappa shape index (κ3) is 5.08. The third-order valence-corrected chi connectivity index (χ3v) is 3.14. The van der Waals surface area contributed by atoms with Crippen molar-refractivity contribution in [1.82, 2.24) is 4.90 Å². The van der Waals surface area contributed by atoms with Crippen molar-refractivity contribution in [3.8, 4) is 5.75 Å². The summed E-state index contributed by atoms with van der Waals surface area (Å²) >= 11 is 0. The van der Waals surface area contributed by atoms with Gasteiger partial charge >= 0.3 is 5.97 Å². The Morgan fingerprint density at radius 1 is 1.38 bits per heavy atom. The first-order chi connectivity index (χ1) is 11.3. The molecule has 0 aliphatic carbocycles. The summed E-state index contributed by atoms with van der Waals surface area (Å²) in [5.74, 6) is -1.11. The minimum Gasteiger partial charge on any atom is -0.496 e. The number of hydrogen-bond donors (Lipinski definition) is 0. The average molecular weight is 336 g/mol. The van der Waals surface area contributed by atoms with Crippen LogP contribution in [-0.2, 0) is 9.53 Å². The number of nitro benzene ring substituents is 1. The van der Waals surface area contributed by atoms with Gasteiger partial charge in [0.15, 0.2) is 6.61 Å². The minimum atomic E-state index is -0.865. The lowest BCUT2D eigenvalue weighted by molar-refractivity contribution is -0.384. The fourth-order valence-electron chi connectivity index (χ4n) is 1.97. The molecule has 0 spiro atoms. The van der Waals surface area contributed by atoms with Crippen LogP contribution in [0.2, 0.25) is 0 Å². The largest absolute Gasteiger partial charge is 0.496 e. The van der Waals surface area contributed by atoms with E-state index in [0.29, 0.717) is 13.1 Å². The van der Waals surface area contributed by atoms with E-state index in [9.17, 15) is 19.7 Å². The number of nitrogens with zero attached hydrogens (tertiary/aromatic N) is 2. The Morgan fingerprint density at radius 3 is 2.54 bits per heavy atom. The average Bonchev–Trinajstić information content (AvgIpc) is 2.56. The van der Waals surface area contributed by atoms with E-state index >= 15 is 0 Å². The number of hydrogen-bond acceptors (Lipinski definition) is 6. The molecule has 0 N–H and O–H groups in total. The van der Waals surface area contributed by atoms with Gasteiger partial charge < -0.3 is 14.4 Å². The molecule has 1 aromatic rings. The van der Waals surface area contributed by atoms with Crippen molar-refractivity contribution in [3.05, 3.63) is 46.0 Å². The van der Waals surface area contributed by atoms with Crippen LogP contribution in [-0.4, -0.2) is 48.5 Å². The monoisotopic (exact) mass is 336 g/mol. The predicted molar refractivity (Wildman–Crippen MR) is 87.0 cm³/mol. The molecule has 0 bridgehead atoms. The minimum absolute atomic E-state index is 0.109. The highest BCUT2D eigenvalue weighted by Gasteiger charge is 2.21. The smallest absolute Gasteiger partial charge is 0.342 e. The summed E-state index contributed by atoms with van der Waals surface area (Å²) in [6, 6.07) is 3.57. The number of rotatable bonds is 8. The highest BCUT2D eigenvalue weighted by Crippen LogP contribution is 2.24. The first kappa shape index (κ1) is 19.1. The van der Waals surface area contributed by atoms with Gasteiger partial charge in [-0.05, 0) is 19.9 Å². The van der Waals surface area contributed by atoms with Crippen LogP contribution in [0.4, 0.5) is 5.69 Å². The lowest BCUT2D eigenvalue weighted by atomic mass is 10.2. The molecular weight excluding hydrogens is 316 g/mol. The van der Waals surface area contributed by atoms with Crippen LogP contribution in [0, 0.1) is 10.1 Å². The number of likely N-dealkylation sites (N-methyl/N-ethyl adjacent to an activating group) is 1. The first-order valence-electron chi connectivity index (χ1n) is 7.21. The standard InChI is InChI=1S/C16H20N2O6/c1-5-17(9-11(2)3)15(19)10-24-16(20)13-8-12(18(21)22)6-7-14(13)23-4/h6-8H,2,5,9-10H2,1,3-4H3. The first-order valence-corrected chi connectivity index (χ1v) is 7.21. The van der Waals surface area contributed by atoms with Crippen LogP contribution in [0.15, 0.2) is 30.4 Å². The van der Waals surface area contributed by atoms with Crippen molar-refractivity contribution in [2.45, 2.75) is 13.8 Å². The lowest BCUT2D eigenvalue weighted by Crippen LogP contribution is -2.35. The maximum absolute atomic E-state index is 12.1. The number of benzene rings is 1. The normalized spacial score (nSPS) is 9.96. The summed E-state index contributed by atoms with van der Waals surface area (Å²) in [6.45, 7) is 7.67. The number of ether oxygens (including phenoxy) is 2. The molecule has 0 saturated carbocycles. The van der Waals surface area contributed by atoms with Gasteiger partial charge in [0, 0.05) is 25.2 Å². The van der Waals surface area contributed by atoms with Crippen LogP contribution < -0.4 is 4.74 Å². The molecule has 1 rings (SSSR count). The molecule has 8 heteroatoms. The molecule has 0 unspecified atom stereocenters. The Balaban J connectivity index is 2.84. The Hall–Kier alpha value is -2.90. The van der Waals surface area contributed by atoms with Crippen molar-refractivity contribution in [2.75, 3.05) is 26.8 Å². The second-order valence-electron chi connectivity index (χ2n) is 5.08. The van der Waals surface area contributed by atoms with Crippen LogP contribution in [0.5, 0.6) is 5.75 Å². The molecule has 1 aromatic carbocycles. The molecule has 0 saturated heterocycles. The summed E-state index contributed by atoms with van der Waals surface area (Å²) in [4.78, 5) is 35.8. The zero-order valence-corrected chi connectivity index (χ0v) is 13.9. The van der Waals surface area contributed by atoms with E-state index in [1.54, 1.807) is 13.8 Å². The summed E-state index contributed by atoms with van der Waals surface area (Å²) in [5.41, 5.74) is 0.422. The van der Waals surface area contributed by atoms with Crippen LogP contribution in [0.25, 0.3) is 0 Å². The SMILES string of the molecule is C=C(C)CN(CC)C(=O)COC(=O)c1cc([N+](=O)[O-])ccc1OC. The molecule has 0 aliphatic heterocycles. The van der Waals surface area contributed by atoms with E-state index in [1.165, 1.54) is 24.1 Å². The second kappa shape index (κ2) is 8.66. The second-order valence-corrected chi connectivity index (χ2v) is 5.08. The zero-order valence-electron chi connectivity index (χ0n) is 13.9. The van der Waals surface area contributed by atoms with E-state index in [-0.39, 0.29) is 22.9 Å². The van der Waals surface area contributed by atoms with Gasteiger partial charge in [0.1, 0.15) is 11.3 Å². The number of non-ortho nitro benzene ring substituents is 1. The number of carbonyl (C=O) groups excluding carboxylic acids is 2. The maximum atomic E-state index is 12.1. The number of carbonyl (C=O) groups is 2. The topological polar surface area (TPSA) is 99.0 Å². The fraction of sp³-hybridized carbons (Fsp3) is 0.375. The molecule has 0 fully saturated rings. The Kier molecular flexibility index (Phi) is 6.91. The molecule has 0 radical (unpaired) electrons. The van der Waals surface area contributed by atoms with Gasteiger partial charge in [-0.1, -0.05) is 12.2 Å². The van der Waals surface area contributed by atoms with Gasteiger partial charge in [-0.15, -0.1) is 0 Å². The number of esters is 1. The molecule has 8 nitrogen and oxygen atoms in total. The number of nitro groups is 1. The Morgan fingerprint density at radius 2 is 2.04 bits per heavy atom. The van der Waals surface area contributed by atoms with Crippen LogP contribution in [0.1, 0.15) is 24.2 Å². The fourth-order valence-corrected chi connectivity index (χ4v) is 1.97. The molecule has 24 heavy (non-hydrogen) atoms. The van der Waals surface area contributed by atoms with Crippen molar-refractivity contribution >= 4 is 17.6 Å². The van der Waals surface area contributed by atoms with Gasteiger partial charge in [-0.25, -0.2) is 4.79 Å². The molecule has 0 atom stereocenters. The third-order valence-electron chi connectivity index (χ3n) is 3.14. The van der Waals surface area contributed by atoms with Crippen molar-refractivity contribution in [3.63, 3.8) is 0 Å². The number of amides is 1. The van der Waals surface area contributed by atoms with Gasteiger partial charge in [0.05, 0.1) is 12.0 Å². The Labute approximate surface area is 139 Å². The van der Waals surface area contributed by atoms with E-state index in [0.717, 1.165) is 11.6 Å². The van der Waals surface area contributed by atoms with Crippen molar-refractivity contribution in [1.29, 1.82) is 0 Å². The molecular formula is C16H20N2O6. The van der Waals surface area contributed by atoms with Crippen molar-refractivity contribution in [2.24, 2.45) is 0 Å². The van der Waals surface area contributed by atoms with Gasteiger partial charge in [-0.3, -0.25) is 14.9 Å². The van der Waals surface area contributed by atoms with E-state index in [2.05, 4.69) is 6.58 Å². The quantitative estimate of drug-likeness (QED) is 0.312. The van der Waals surface area contributed by atoms with Gasteiger partial charge in [0.25, 0.3) is 11.6 Å². The summed E-state index contributed by atoms with van der Waals surface area (Å²) < 4.78 is 9.97. The maximum Gasteiger partial charge on any atom is 0.342 e. The van der Waals surface area contributed by atoms with Crippen LogP contribution in [0.3, 0.4) is 0 Å². The predicted octanol–water partition coefficient (Wildman–Crippen LogP) is 2.18.